The topological polar surface area (TPSA) is 79.2 Å². The van der Waals surface area contributed by atoms with Crippen LogP contribution in [0.25, 0.3) is 0 Å². The smallest absolute Gasteiger partial charge is 0.297 e. The molecule has 0 aliphatic carbocycles. The maximum Gasteiger partial charge on any atom is 0.297 e. The fourth-order valence-corrected chi connectivity index (χ4v) is 2.89. The van der Waals surface area contributed by atoms with E-state index in [1.807, 2.05) is 19.1 Å². The largest absolute Gasteiger partial charge is 0.310 e. The van der Waals surface area contributed by atoms with Crippen LogP contribution in [0.2, 0.25) is 0 Å². The molecule has 120 valence electrons. The summed E-state index contributed by atoms with van der Waals surface area (Å²) in [5.74, 6) is 0. The van der Waals surface area contributed by atoms with Crippen LogP contribution in [0.1, 0.15) is 16.7 Å². The predicted molar refractivity (Wildman–Crippen MR) is 87.2 cm³/mol. The molecule has 0 saturated carbocycles. The average Bonchev–Trinajstić information content (AvgIpc) is 2.55. The van der Waals surface area contributed by atoms with Crippen molar-refractivity contribution in [1.82, 2.24) is 5.32 Å². The first-order chi connectivity index (χ1) is 11.0. The second kappa shape index (κ2) is 7.88. The fourth-order valence-electron chi connectivity index (χ4n) is 1.98. The van der Waals surface area contributed by atoms with Crippen LogP contribution >= 0.6 is 0 Å². The molecule has 2 aromatic carbocycles. The summed E-state index contributed by atoms with van der Waals surface area (Å²) in [7, 11) is -3.72. The molecule has 0 aliphatic rings. The molecule has 0 fully saturated rings. The van der Waals surface area contributed by atoms with Gasteiger partial charge in [-0.3, -0.25) is 4.18 Å². The van der Waals surface area contributed by atoms with Gasteiger partial charge in [0.2, 0.25) is 0 Å². The first-order valence-electron chi connectivity index (χ1n) is 7.17. The summed E-state index contributed by atoms with van der Waals surface area (Å²) >= 11 is 0. The number of hydrogen-bond donors (Lipinski definition) is 1. The van der Waals surface area contributed by atoms with Crippen molar-refractivity contribution < 1.29 is 12.6 Å². The second-order valence-electron chi connectivity index (χ2n) is 5.08. The summed E-state index contributed by atoms with van der Waals surface area (Å²) < 4.78 is 28.9. The summed E-state index contributed by atoms with van der Waals surface area (Å²) in [5, 5.41) is 11.9. The van der Waals surface area contributed by atoms with Crippen LogP contribution in [-0.4, -0.2) is 21.6 Å². The SMILES string of the molecule is Cc1ccc(S(=O)(=O)OCCNCc2cccc(C#N)c2)cc1. The van der Waals surface area contributed by atoms with E-state index in [4.69, 9.17) is 9.44 Å². The van der Waals surface area contributed by atoms with Crippen LogP contribution in [0.5, 0.6) is 0 Å². The summed E-state index contributed by atoms with van der Waals surface area (Å²) in [6, 6.07) is 15.9. The Morgan fingerprint density at radius 1 is 1.17 bits per heavy atom. The van der Waals surface area contributed by atoms with Crippen LogP contribution in [0.4, 0.5) is 0 Å². The lowest BCUT2D eigenvalue weighted by molar-refractivity contribution is 0.314. The molecule has 0 aromatic heterocycles. The minimum atomic E-state index is -3.72. The zero-order valence-corrected chi connectivity index (χ0v) is 13.6. The highest BCUT2D eigenvalue weighted by atomic mass is 32.2. The maximum absolute atomic E-state index is 12.0. The lowest BCUT2D eigenvalue weighted by Crippen LogP contribution is -2.21. The summed E-state index contributed by atoms with van der Waals surface area (Å²) in [6.45, 7) is 2.88. The number of rotatable bonds is 7. The van der Waals surface area contributed by atoms with E-state index < -0.39 is 10.1 Å². The molecule has 2 rings (SSSR count). The number of nitriles is 1. The molecule has 0 radical (unpaired) electrons. The van der Waals surface area contributed by atoms with E-state index in [2.05, 4.69) is 11.4 Å². The number of hydrogen-bond acceptors (Lipinski definition) is 5. The lowest BCUT2D eigenvalue weighted by Gasteiger charge is -2.07. The predicted octanol–water partition coefficient (Wildman–Crippen LogP) is 2.36. The molecule has 5 nitrogen and oxygen atoms in total. The lowest BCUT2D eigenvalue weighted by atomic mass is 10.1. The van der Waals surface area contributed by atoms with Crippen LogP contribution in [0.3, 0.4) is 0 Å². The van der Waals surface area contributed by atoms with Crippen LogP contribution in [-0.2, 0) is 20.8 Å². The molecular weight excluding hydrogens is 312 g/mol. The number of aryl methyl sites for hydroxylation is 1. The van der Waals surface area contributed by atoms with Gasteiger partial charge in [-0.1, -0.05) is 29.8 Å². The van der Waals surface area contributed by atoms with E-state index >= 15 is 0 Å². The maximum atomic E-state index is 12.0. The van der Waals surface area contributed by atoms with Gasteiger partial charge < -0.3 is 5.32 Å². The zero-order chi connectivity index (χ0) is 16.7. The van der Waals surface area contributed by atoms with E-state index in [9.17, 15) is 8.42 Å². The first kappa shape index (κ1) is 17.2. The molecule has 0 aliphatic heterocycles. The number of benzene rings is 2. The van der Waals surface area contributed by atoms with E-state index in [0.29, 0.717) is 18.7 Å². The third kappa shape index (κ3) is 5.18. The van der Waals surface area contributed by atoms with E-state index in [1.54, 1.807) is 24.3 Å². The van der Waals surface area contributed by atoms with Crippen molar-refractivity contribution in [2.24, 2.45) is 0 Å². The Kier molecular flexibility index (Phi) is 5.88. The third-order valence-corrected chi connectivity index (χ3v) is 4.54. The minimum absolute atomic E-state index is 0.0498. The molecule has 0 heterocycles. The van der Waals surface area contributed by atoms with Crippen molar-refractivity contribution in [3.05, 3.63) is 65.2 Å². The van der Waals surface area contributed by atoms with E-state index in [0.717, 1.165) is 11.1 Å². The Hall–Kier alpha value is -2.20. The van der Waals surface area contributed by atoms with E-state index in [-0.39, 0.29) is 11.5 Å². The molecule has 6 heteroatoms. The zero-order valence-electron chi connectivity index (χ0n) is 12.8. The van der Waals surface area contributed by atoms with Gasteiger partial charge in [-0.25, -0.2) is 0 Å². The van der Waals surface area contributed by atoms with Gasteiger partial charge in [0.05, 0.1) is 23.1 Å². The molecule has 23 heavy (non-hydrogen) atoms. The van der Waals surface area contributed by atoms with Crippen molar-refractivity contribution in [3.63, 3.8) is 0 Å². The molecule has 2 aromatic rings. The van der Waals surface area contributed by atoms with Gasteiger partial charge in [0, 0.05) is 13.1 Å². The molecule has 0 saturated heterocycles. The minimum Gasteiger partial charge on any atom is -0.310 e. The highest BCUT2D eigenvalue weighted by Gasteiger charge is 2.14. The second-order valence-corrected chi connectivity index (χ2v) is 6.69. The molecule has 1 N–H and O–H groups in total. The monoisotopic (exact) mass is 330 g/mol. The molecule has 0 atom stereocenters. The highest BCUT2D eigenvalue weighted by molar-refractivity contribution is 7.86. The van der Waals surface area contributed by atoms with Gasteiger partial charge >= 0.3 is 0 Å². The van der Waals surface area contributed by atoms with Crippen molar-refractivity contribution in [1.29, 1.82) is 5.26 Å². The summed E-state index contributed by atoms with van der Waals surface area (Å²) in [4.78, 5) is 0.157. The van der Waals surface area contributed by atoms with Gasteiger partial charge in [-0.2, -0.15) is 13.7 Å². The molecule has 0 spiro atoms. The molecule has 0 bridgehead atoms. The van der Waals surface area contributed by atoms with Gasteiger partial charge in [0.25, 0.3) is 10.1 Å². The quantitative estimate of drug-likeness (QED) is 0.623. The standard InChI is InChI=1S/C17H18N2O3S/c1-14-5-7-17(8-6-14)23(20,21)22-10-9-19-13-16-4-2-3-15(11-16)12-18/h2-8,11,19H,9-10,13H2,1H3. The summed E-state index contributed by atoms with van der Waals surface area (Å²) in [6.07, 6.45) is 0. The van der Waals surface area contributed by atoms with Gasteiger partial charge in [-0.15, -0.1) is 0 Å². The van der Waals surface area contributed by atoms with Crippen molar-refractivity contribution in [2.45, 2.75) is 18.4 Å². The Morgan fingerprint density at radius 3 is 2.61 bits per heavy atom. The van der Waals surface area contributed by atoms with Gasteiger partial charge in [-0.05, 0) is 36.8 Å². The highest BCUT2D eigenvalue weighted by Crippen LogP contribution is 2.12. The number of nitrogens with zero attached hydrogens (tertiary/aromatic N) is 1. The first-order valence-corrected chi connectivity index (χ1v) is 8.58. The van der Waals surface area contributed by atoms with Crippen molar-refractivity contribution >= 4 is 10.1 Å². The van der Waals surface area contributed by atoms with E-state index in [1.165, 1.54) is 12.1 Å². The number of nitrogens with one attached hydrogen (secondary N) is 1. The van der Waals surface area contributed by atoms with Crippen molar-refractivity contribution in [2.75, 3.05) is 13.2 Å². The molecule has 0 amide bonds. The Labute approximate surface area is 136 Å². The van der Waals surface area contributed by atoms with Gasteiger partial charge in [0.15, 0.2) is 0 Å². The van der Waals surface area contributed by atoms with Crippen LogP contribution in [0.15, 0.2) is 53.4 Å². The fraction of sp³-hybridized carbons (Fsp3) is 0.235. The van der Waals surface area contributed by atoms with Crippen LogP contribution in [0, 0.1) is 18.3 Å². The normalized spacial score (nSPS) is 11.1. The summed E-state index contributed by atoms with van der Waals surface area (Å²) in [5.41, 5.74) is 2.55. The Bertz CT molecular complexity index is 793. The third-order valence-electron chi connectivity index (χ3n) is 3.21. The average molecular weight is 330 g/mol. The molecule has 0 unspecified atom stereocenters. The Balaban J connectivity index is 1.78. The van der Waals surface area contributed by atoms with Crippen LogP contribution < -0.4 is 5.32 Å². The Morgan fingerprint density at radius 2 is 1.91 bits per heavy atom. The van der Waals surface area contributed by atoms with Gasteiger partial charge in [0.1, 0.15) is 0 Å². The molecular formula is C17H18N2O3S. The van der Waals surface area contributed by atoms with Crippen molar-refractivity contribution in [3.8, 4) is 6.07 Å².